The monoisotopic (exact) mass is 490 g/mol. The summed E-state index contributed by atoms with van der Waals surface area (Å²) in [5.41, 5.74) is 1.58. The van der Waals surface area contributed by atoms with E-state index in [1.54, 1.807) is 25.1 Å². The third-order valence-corrected chi connectivity index (χ3v) is 7.29. The highest BCUT2D eigenvalue weighted by atomic mass is 32.2. The van der Waals surface area contributed by atoms with Gasteiger partial charge in [-0.05, 0) is 74.9 Å². The van der Waals surface area contributed by atoms with Crippen LogP contribution in [0.3, 0.4) is 0 Å². The highest BCUT2D eigenvalue weighted by molar-refractivity contribution is 7.93. The van der Waals surface area contributed by atoms with Crippen molar-refractivity contribution in [2.45, 2.75) is 30.6 Å². The average Bonchev–Trinajstić information content (AvgIpc) is 2.75. The van der Waals surface area contributed by atoms with E-state index in [0.717, 1.165) is 5.56 Å². The Labute approximate surface area is 194 Å². The Bertz CT molecular complexity index is 1320. The van der Waals surface area contributed by atoms with Gasteiger partial charge in [-0.2, -0.15) is 0 Å². The first-order chi connectivity index (χ1) is 15.6. The molecule has 33 heavy (non-hydrogen) atoms. The molecule has 3 aromatic carbocycles. The largest absolute Gasteiger partial charge is 0.490 e. The lowest BCUT2D eigenvalue weighted by molar-refractivity contribution is 0.287. The molecule has 0 bridgehead atoms. The molecule has 0 saturated carbocycles. The predicted octanol–water partition coefficient (Wildman–Crippen LogP) is 4.39. The second-order valence-electron chi connectivity index (χ2n) is 7.08. The summed E-state index contributed by atoms with van der Waals surface area (Å²) in [5, 5.41) is 0. The number of hydrogen-bond acceptors (Lipinski definition) is 6. The fourth-order valence-corrected chi connectivity index (χ4v) is 5.16. The molecule has 0 aliphatic carbocycles. The van der Waals surface area contributed by atoms with Crippen LogP contribution in [-0.4, -0.2) is 30.0 Å². The van der Waals surface area contributed by atoms with Crippen LogP contribution in [0.1, 0.15) is 19.4 Å². The Morgan fingerprint density at radius 3 is 1.88 bits per heavy atom. The van der Waals surface area contributed by atoms with Gasteiger partial charge in [0.15, 0.2) is 11.5 Å². The van der Waals surface area contributed by atoms with Gasteiger partial charge < -0.3 is 9.47 Å². The van der Waals surface area contributed by atoms with Crippen LogP contribution in [0.15, 0.2) is 76.5 Å². The van der Waals surface area contributed by atoms with Gasteiger partial charge >= 0.3 is 0 Å². The van der Waals surface area contributed by atoms with Gasteiger partial charge in [0.05, 0.1) is 23.0 Å². The van der Waals surface area contributed by atoms with Gasteiger partial charge in [0.1, 0.15) is 0 Å². The van der Waals surface area contributed by atoms with Crippen molar-refractivity contribution in [3.63, 3.8) is 0 Å². The molecule has 0 aliphatic rings. The number of aryl methyl sites for hydroxylation is 1. The Balaban J connectivity index is 1.79. The van der Waals surface area contributed by atoms with Crippen LogP contribution in [0.5, 0.6) is 11.5 Å². The van der Waals surface area contributed by atoms with Crippen LogP contribution in [0.2, 0.25) is 0 Å². The van der Waals surface area contributed by atoms with Gasteiger partial charge in [-0.25, -0.2) is 16.8 Å². The quantitative estimate of drug-likeness (QED) is 0.436. The zero-order chi connectivity index (χ0) is 24.1. The van der Waals surface area contributed by atoms with E-state index in [2.05, 4.69) is 9.44 Å². The number of anilines is 2. The minimum Gasteiger partial charge on any atom is -0.490 e. The molecule has 176 valence electrons. The summed E-state index contributed by atoms with van der Waals surface area (Å²) >= 11 is 0. The molecule has 3 aromatic rings. The molecule has 2 N–H and O–H groups in total. The summed E-state index contributed by atoms with van der Waals surface area (Å²) in [7, 11) is -7.76. The van der Waals surface area contributed by atoms with E-state index >= 15 is 0 Å². The lowest BCUT2D eigenvalue weighted by Crippen LogP contribution is -2.15. The molecule has 3 rings (SSSR count). The van der Waals surface area contributed by atoms with Crippen molar-refractivity contribution in [3.8, 4) is 11.5 Å². The average molecular weight is 491 g/mol. The minimum absolute atomic E-state index is 0.00616. The number of ether oxygens (including phenoxy) is 2. The molecule has 8 nitrogen and oxygen atoms in total. The molecular formula is C23H26N2O6S2. The van der Waals surface area contributed by atoms with Crippen LogP contribution >= 0.6 is 0 Å². The van der Waals surface area contributed by atoms with E-state index in [-0.39, 0.29) is 15.5 Å². The molecular weight excluding hydrogens is 464 g/mol. The molecule has 10 heteroatoms. The second kappa shape index (κ2) is 10.1. The Morgan fingerprint density at radius 2 is 1.24 bits per heavy atom. The van der Waals surface area contributed by atoms with Crippen LogP contribution in [0.25, 0.3) is 0 Å². The molecule has 0 saturated heterocycles. The van der Waals surface area contributed by atoms with Gasteiger partial charge in [-0.3, -0.25) is 9.44 Å². The van der Waals surface area contributed by atoms with Crippen molar-refractivity contribution in [3.05, 3.63) is 72.3 Å². The molecule has 0 aliphatic heterocycles. The maximum atomic E-state index is 12.8. The molecule has 0 fully saturated rings. The molecule has 0 amide bonds. The smallest absolute Gasteiger partial charge is 0.262 e. The van der Waals surface area contributed by atoms with Gasteiger partial charge in [-0.1, -0.05) is 12.1 Å². The summed E-state index contributed by atoms with van der Waals surface area (Å²) < 4.78 is 66.9. The second-order valence-corrected chi connectivity index (χ2v) is 10.4. The van der Waals surface area contributed by atoms with Crippen molar-refractivity contribution in [2.24, 2.45) is 0 Å². The first-order valence-electron chi connectivity index (χ1n) is 10.3. The third-order valence-electron chi connectivity index (χ3n) is 4.51. The molecule has 0 aromatic heterocycles. The highest BCUT2D eigenvalue weighted by Crippen LogP contribution is 2.31. The van der Waals surface area contributed by atoms with E-state index in [1.165, 1.54) is 42.5 Å². The van der Waals surface area contributed by atoms with Crippen molar-refractivity contribution < 1.29 is 26.3 Å². The molecule has 0 unspecified atom stereocenters. The summed E-state index contributed by atoms with van der Waals surface area (Å²) in [5.74, 6) is 0.778. The molecule has 0 spiro atoms. The summed E-state index contributed by atoms with van der Waals surface area (Å²) in [6.45, 7) is 6.24. The Morgan fingerprint density at radius 1 is 0.667 bits per heavy atom. The van der Waals surface area contributed by atoms with E-state index in [9.17, 15) is 16.8 Å². The maximum absolute atomic E-state index is 12.8. The maximum Gasteiger partial charge on any atom is 0.262 e. The number of benzene rings is 3. The topological polar surface area (TPSA) is 111 Å². The summed E-state index contributed by atoms with van der Waals surface area (Å²) in [6.07, 6.45) is 0. The fourth-order valence-electron chi connectivity index (χ4n) is 3.04. The summed E-state index contributed by atoms with van der Waals surface area (Å²) in [6, 6.07) is 16.8. The number of hydrogen-bond donors (Lipinski definition) is 2. The first kappa shape index (κ1) is 24.4. The SMILES string of the molecule is CCOc1ccc(S(=O)(=O)Nc2ccc(S(=O)(=O)Nc3cccc(C)c3)cc2)cc1OCC. The molecule has 0 atom stereocenters. The van der Waals surface area contributed by atoms with Crippen LogP contribution in [0, 0.1) is 6.92 Å². The fraction of sp³-hybridized carbons (Fsp3) is 0.217. The lowest BCUT2D eigenvalue weighted by Gasteiger charge is -2.14. The van der Waals surface area contributed by atoms with Crippen molar-refractivity contribution in [1.29, 1.82) is 0 Å². The zero-order valence-electron chi connectivity index (χ0n) is 18.5. The molecule has 0 heterocycles. The van der Waals surface area contributed by atoms with Crippen LogP contribution in [-0.2, 0) is 20.0 Å². The van der Waals surface area contributed by atoms with Gasteiger partial charge in [0.2, 0.25) is 0 Å². The predicted molar refractivity (Wildman–Crippen MR) is 128 cm³/mol. The van der Waals surface area contributed by atoms with Crippen molar-refractivity contribution in [2.75, 3.05) is 22.7 Å². The van der Waals surface area contributed by atoms with E-state index in [0.29, 0.717) is 30.4 Å². The van der Waals surface area contributed by atoms with Crippen LogP contribution in [0.4, 0.5) is 11.4 Å². The first-order valence-corrected chi connectivity index (χ1v) is 13.2. The lowest BCUT2D eigenvalue weighted by atomic mass is 10.2. The zero-order valence-corrected chi connectivity index (χ0v) is 20.2. The van der Waals surface area contributed by atoms with Gasteiger partial charge in [0, 0.05) is 17.4 Å². The Hall–Kier alpha value is -3.24. The third kappa shape index (κ3) is 6.17. The number of nitrogens with one attached hydrogen (secondary N) is 2. The standard InChI is InChI=1S/C23H26N2O6S2/c1-4-30-22-14-13-21(16-23(22)31-5-2)33(28,29)24-18-9-11-20(12-10-18)32(26,27)25-19-8-6-7-17(3)15-19/h6-16,24-25H,4-5H2,1-3H3. The number of sulfonamides is 2. The van der Waals surface area contributed by atoms with Crippen molar-refractivity contribution >= 4 is 31.4 Å². The van der Waals surface area contributed by atoms with E-state index < -0.39 is 20.0 Å². The molecule has 0 radical (unpaired) electrons. The Kier molecular flexibility index (Phi) is 7.50. The van der Waals surface area contributed by atoms with Crippen molar-refractivity contribution in [1.82, 2.24) is 0 Å². The minimum atomic E-state index is -3.94. The van der Waals surface area contributed by atoms with E-state index in [4.69, 9.17) is 9.47 Å². The number of rotatable bonds is 10. The normalized spacial score (nSPS) is 11.6. The van der Waals surface area contributed by atoms with Gasteiger partial charge in [0.25, 0.3) is 20.0 Å². The highest BCUT2D eigenvalue weighted by Gasteiger charge is 2.19. The van der Waals surface area contributed by atoms with E-state index in [1.807, 2.05) is 19.9 Å². The van der Waals surface area contributed by atoms with Crippen LogP contribution < -0.4 is 18.9 Å². The summed E-state index contributed by atoms with van der Waals surface area (Å²) in [4.78, 5) is -0.00105. The van der Waals surface area contributed by atoms with Gasteiger partial charge in [-0.15, -0.1) is 0 Å².